The van der Waals surface area contributed by atoms with E-state index < -0.39 is 11.9 Å². The van der Waals surface area contributed by atoms with Crippen LogP contribution in [-0.2, 0) is 6.54 Å². The first-order valence-corrected chi connectivity index (χ1v) is 6.14. The minimum Gasteiger partial charge on any atom is -0.382 e. The largest absolute Gasteiger partial charge is 0.382 e. The smallest absolute Gasteiger partial charge is 0.130 e. The van der Waals surface area contributed by atoms with Crippen molar-refractivity contribution in [3.8, 4) is 0 Å². The predicted molar refractivity (Wildman–Crippen MR) is 69.1 cm³/mol. The summed E-state index contributed by atoms with van der Waals surface area (Å²) < 4.78 is 15.2. The Hall–Kier alpha value is -1.50. The van der Waals surface area contributed by atoms with Gasteiger partial charge in [-0.05, 0) is 19.1 Å². The van der Waals surface area contributed by atoms with Crippen LogP contribution < -0.4 is 5.73 Å². The first-order valence-electron chi connectivity index (χ1n) is 5.76. The molecule has 0 bridgehead atoms. The summed E-state index contributed by atoms with van der Waals surface area (Å²) in [5.41, 5.74) is 6.01. The summed E-state index contributed by atoms with van der Waals surface area (Å²) in [6, 6.07) is 3.99. The van der Waals surface area contributed by atoms with Gasteiger partial charge in [0, 0.05) is 16.6 Å². The fourth-order valence-corrected chi connectivity index (χ4v) is 1.86. The van der Waals surface area contributed by atoms with E-state index in [2.05, 4.69) is 10.3 Å². The van der Waals surface area contributed by atoms with E-state index in [0.29, 0.717) is 6.54 Å². The van der Waals surface area contributed by atoms with E-state index in [0.717, 1.165) is 6.07 Å². The minimum absolute atomic E-state index is 0.0843. The van der Waals surface area contributed by atoms with Gasteiger partial charge in [-0.25, -0.2) is 4.39 Å². The molecule has 0 fully saturated rings. The van der Waals surface area contributed by atoms with Crippen molar-refractivity contribution in [3.63, 3.8) is 0 Å². The summed E-state index contributed by atoms with van der Waals surface area (Å²) in [6.07, 6.45) is 0.362. The van der Waals surface area contributed by atoms with Gasteiger partial charge in [-0.2, -0.15) is 0 Å². The van der Waals surface area contributed by atoms with E-state index in [-0.39, 0.29) is 22.3 Å². The molecule has 0 radical (unpaired) electrons. The topological polar surface area (TPSA) is 77.0 Å². The van der Waals surface area contributed by atoms with Crippen LogP contribution in [0.25, 0.3) is 0 Å². The van der Waals surface area contributed by atoms with Gasteiger partial charge >= 0.3 is 0 Å². The van der Waals surface area contributed by atoms with Crippen molar-refractivity contribution in [2.24, 2.45) is 5.73 Å². The maximum absolute atomic E-state index is 13.7. The Morgan fingerprint density at radius 1 is 1.53 bits per heavy atom. The maximum Gasteiger partial charge on any atom is 0.130 e. The van der Waals surface area contributed by atoms with E-state index in [1.165, 1.54) is 16.8 Å². The van der Waals surface area contributed by atoms with Crippen LogP contribution in [-0.4, -0.2) is 26.1 Å². The van der Waals surface area contributed by atoms with Gasteiger partial charge < -0.3 is 10.8 Å². The normalized spacial score (nSPS) is 14.4. The molecule has 0 saturated carbocycles. The number of aliphatic hydroxyl groups excluding tert-OH is 1. The van der Waals surface area contributed by atoms with Crippen LogP contribution in [0.2, 0.25) is 5.02 Å². The fraction of sp³-hybridized carbons (Fsp3) is 0.333. The fourth-order valence-electron chi connectivity index (χ4n) is 1.71. The van der Waals surface area contributed by atoms with Crippen LogP contribution in [0.1, 0.15) is 24.3 Å². The predicted octanol–water partition coefficient (Wildman–Crippen LogP) is 1.50. The van der Waals surface area contributed by atoms with Crippen molar-refractivity contribution >= 4 is 11.6 Å². The second-order valence-corrected chi connectivity index (χ2v) is 4.85. The lowest BCUT2D eigenvalue weighted by atomic mass is 10.1. The Kier molecular flexibility index (Phi) is 4.14. The quantitative estimate of drug-likeness (QED) is 0.892. The number of aliphatic hydroxyl groups is 1. The minimum atomic E-state index is -1.18. The molecule has 0 spiro atoms. The molecule has 2 rings (SSSR count). The molecule has 1 heterocycles. The molecule has 2 atom stereocenters. The molecular weight excluding hydrogens is 271 g/mol. The van der Waals surface area contributed by atoms with Gasteiger partial charge in [0.2, 0.25) is 0 Å². The van der Waals surface area contributed by atoms with Crippen molar-refractivity contribution in [2.75, 3.05) is 0 Å². The highest BCUT2D eigenvalue weighted by molar-refractivity contribution is 6.30. The molecule has 3 N–H and O–H groups in total. The van der Waals surface area contributed by atoms with Gasteiger partial charge in [-0.3, -0.25) is 4.68 Å². The molecule has 1 aromatic heterocycles. The van der Waals surface area contributed by atoms with Crippen LogP contribution in [0.3, 0.4) is 0 Å². The molecule has 0 amide bonds. The summed E-state index contributed by atoms with van der Waals surface area (Å²) in [5.74, 6) is -0.582. The number of halogens is 2. The van der Waals surface area contributed by atoms with Crippen molar-refractivity contribution < 1.29 is 9.50 Å². The Morgan fingerprint density at radius 3 is 2.89 bits per heavy atom. The van der Waals surface area contributed by atoms with Crippen LogP contribution >= 0.6 is 11.6 Å². The zero-order valence-electron chi connectivity index (χ0n) is 10.3. The van der Waals surface area contributed by atoms with Crippen molar-refractivity contribution in [2.45, 2.75) is 25.6 Å². The monoisotopic (exact) mass is 284 g/mol. The molecule has 0 aliphatic rings. The summed E-state index contributed by atoms with van der Waals surface area (Å²) >= 11 is 5.66. The molecule has 0 saturated heterocycles. The highest BCUT2D eigenvalue weighted by Crippen LogP contribution is 2.24. The molecule has 0 aliphatic carbocycles. The van der Waals surface area contributed by atoms with Crippen LogP contribution in [0.15, 0.2) is 24.4 Å². The van der Waals surface area contributed by atoms with E-state index >= 15 is 0 Å². The molecule has 102 valence electrons. The number of hydrogen-bond acceptors (Lipinski definition) is 4. The summed E-state index contributed by atoms with van der Waals surface area (Å²) in [7, 11) is 0. The Morgan fingerprint density at radius 2 is 2.26 bits per heavy atom. The lowest BCUT2D eigenvalue weighted by Crippen LogP contribution is -2.22. The lowest BCUT2D eigenvalue weighted by Gasteiger charge is -2.09. The molecule has 1 unspecified atom stereocenters. The average Bonchev–Trinajstić information content (AvgIpc) is 2.75. The van der Waals surface area contributed by atoms with Gasteiger partial charge in [-0.15, -0.1) is 5.10 Å². The van der Waals surface area contributed by atoms with Gasteiger partial charge in [-0.1, -0.05) is 22.9 Å². The van der Waals surface area contributed by atoms with Gasteiger partial charge in [0.25, 0.3) is 0 Å². The number of hydrogen-bond donors (Lipinski definition) is 2. The molecule has 19 heavy (non-hydrogen) atoms. The molecule has 1 aromatic carbocycles. The second kappa shape index (κ2) is 5.64. The summed E-state index contributed by atoms with van der Waals surface area (Å²) in [5, 5.41) is 18.0. The Labute approximate surface area is 114 Å². The first-order chi connectivity index (χ1) is 8.97. The highest BCUT2D eigenvalue weighted by Gasteiger charge is 2.18. The van der Waals surface area contributed by atoms with Gasteiger partial charge in [0.15, 0.2) is 0 Å². The Bertz CT molecular complexity index is 573. The SMILES string of the molecule is C[C@@H](N)Cn1cc(C(O)c2ccc(Cl)cc2F)nn1. The first kappa shape index (κ1) is 13.9. The van der Waals surface area contributed by atoms with Crippen molar-refractivity contribution in [1.29, 1.82) is 0 Å². The maximum atomic E-state index is 13.7. The third-order valence-corrected chi connectivity index (χ3v) is 2.80. The van der Waals surface area contributed by atoms with Crippen molar-refractivity contribution in [1.82, 2.24) is 15.0 Å². The van der Waals surface area contributed by atoms with Crippen LogP contribution in [0, 0.1) is 5.82 Å². The van der Waals surface area contributed by atoms with E-state index in [1.54, 1.807) is 6.20 Å². The van der Waals surface area contributed by atoms with Crippen molar-refractivity contribution in [3.05, 3.63) is 46.5 Å². The highest BCUT2D eigenvalue weighted by atomic mass is 35.5. The molecular formula is C12H14ClFN4O. The number of benzene rings is 1. The zero-order valence-corrected chi connectivity index (χ0v) is 11.0. The average molecular weight is 285 g/mol. The van der Waals surface area contributed by atoms with E-state index in [1.807, 2.05) is 6.92 Å². The van der Waals surface area contributed by atoms with Crippen LogP contribution in [0.4, 0.5) is 4.39 Å². The summed E-state index contributed by atoms with van der Waals surface area (Å²) in [4.78, 5) is 0. The molecule has 5 nitrogen and oxygen atoms in total. The number of nitrogens with two attached hydrogens (primary N) is 1. The third-order valence-electron chi connectivity index (χ3n) is 2.57. The molecule has 0 aliphatic heterocycles. The van der Waals surface area contributed by atoms with Gasteiger partial charge in [0.1, 0.15) is 17.6 Å². The second-order valence-electron chi connectivity index (χ2n) is 4.41. The van der Waals surface area contributed by atoms with E-state index in [9.17, 15) is 9.50 Å². The number of nitrogens with zero attached hydrogens (tertiary/aromatic N) is 3. The van der Waals surface area contributed by atoms with Crippen LogP contribution in [0.5, 0.6) is 0 Å². The Balaban J connectivity index is 2.23. The van der Waals surface area contributed by atoms with E-state index in [4.69, 9.17) is 17.3 Å². The molecule has 7 heteroatoms. The third kappa shape index (κ3) is 3.28. The molecule has 2 aromatic rings. The summed E-state index contributed by atoms with van der Waals surface area (Å²) in [6.45, 7) is 2.31. The number of aromatic nitrogens is 3. The standard InChI is InChI=1S/C12H14ClFN4O/c1-7(15)5-18-6-11(16-17-18)12(19)9-3-2-8(13)4-10(9)14/h2-4,6-7,12,19H,5,15H2,1H3/t7-,12?/m1/s1. The zero-order chi connectivity index (χ0) is 14.0. The lowest BCUT2D eigenvalue weighted by molar-refractivity contribution is 0.210. The number of rotatable bonds is 4. The van der Waals surface area contributed by atoms with Gasteiger partial charge in [0.05, 0.1) is 12.7 Å².